The number of hydrogen-bond acceptors (Lipinski definition) is 4. The van der Waals surface area contributed by atoms with Crippen LogP contribution in [0.1, 0.15) is 29.8 Å². The standard InChI is InChI=1S/C15H20N2O4S2/c1-15(2)10-22(19)8-7-17(15)23(20,21)12-4-3-11-5-6-16-14(18)13(11)9-12/h3-4,9H,5-8,10H2,1-2H3,(H,16,18)/t22-/m1/s1. The Labute approximate surface area is 138 Å². The molecule has 1 fully saturated rings. The summed E-state index contributed by atoms with van der Waals surface area (Å²) in [6, 6.07) is 4.74. The van der Waals surface area contributed by atoms with Crippen molar-refractivity contribution in [1.29, 1.82) is 0 Å². The number of hydrogen-bond donors (Lipinski definition) is 1. The van der Waals surface area contributed by atoms with Crippen LogP contribution in [0, 0.1) is 0 Å². The van der Waals surface area contributed by atoms with Crippen molar-refractivity contribution in [3.05, 3.63) is 29.3 Å². The molecule has 0 bridgehead atoms. The van der Waals surface area contributed by atoms with Crippen LogP contribution in [0.4, 0.5) is 0 Å². The molecule has 1 atom stereocenters. The zero-order valence-corrected chi connectivity index (χ0v) is 14.8. The van der Waals surface area contributed by atoms with Crippen LogP contribution in [-0.4, -0.2) is 53.0 Å². The maximum atomic E-state index is 13.0. The Balaban J connectivity index is 2.02. The summed E-state index contributed by atoms with van der Waals surface area (Å²) < 4.78 is 39.2. The van der Waals surface area contributed by atoms with E-state index in [-0.39, 0.29) is 17.3 Å². The average Bonchev–Trinajstić information content (AvgIpc) is 2.45. The fraction of sp³-hybridized carbons (Fsp3) is 0.533. The van der Waals surface area contributed by atoms with Gasteiger partial charge in [-0.2, -0.15) is 4.31 Å². The molecule has 6 nitrogen and oxygen atoms in total. The first-order valence-corrected chi connectivity index (χ1v) is 10.4. The van der Waals surface area contributed by atoms with Gasteiger partial charge in [-0.25, -0.2) is 8.42 Å². The molecule has 1 aromatic rings. The van der Waals surface area contributed by atoms with Crippen LogP contribution >= 0.6 is 0 Å². The number of amides is 1. The molecule has 0 unspecified atom stereocenters. The van der Waals surface area contributed by atoms with Crippen LogP contribution in [0.5, 0.6) is 0 Å². The van der Waals surface area contributed by atoms with Gasteiger partial charge < -0.3 is 5.32 Å². The van der Waals surface area contributed by atoms with E-state index < -0.39 is 26.4 Å². The molecule has 2 heterocycles. The molecule has 0 aromatic heterocycles. The lowest BCUT2D eigenvalue weighted by Gasteiger charge is -2.40. The number of fused-ring (bicyclic) bond motifs is 1. The lowest BCUT2D eigenvalue weighted by Crippen LogP contribution is -2.56. The van der Waals surface area contributed by atoms with Crippen molar-refractivity contribution >= 4 is 26.7 Å². The molecule has 1 N–H and O–H groups in total. The highest BCUT2D eigenvalue weighted by atomic mass is 32.2. The van der Waals surface area contributed by atoms with Crippen molar-refractivity contribution in [2.45, 2.75) is 30.7 Å². The normalized spacial score (nSPS) is 24.8. The third-order valence-corrected chi connectivity index (χ3v) is 8.08. The van der Waals surface area contributed by atoms with Gasteiger partial charge in [0.15, 0.2) is 0 Å². The molecule has 126 valence electrons. The highest BCUT2D eigenvalue weighted by Crippen LogP contribution is 2.29. The minimum Gasteiger partial charge on any atom is -0.352 e. The first kappa shape index (κ1) is 16.6. The summed E-state index contributed by atoms with van der Waals surface area (Å²) >= 11 is 0. The highest BCUT2D eigenvalue weighted by molar-refractivity contribution is 7.89. The minimum absolute atomic E-state index is 0.119. The minimum atomic E-state index is -3.73. The summed E-state index contributed by atoms with van der Waals surface area (Å²) in [5.41, 5.74) is 0.586. The van der Waals surface area contributed by atoms with E-state index in [1.54, 1.807) is 26.0 Å². The predicted octanol–water partition coefficient (Wildman–Crippen LogP) is 0.504. The maximum absolute atomic E-state index is 13.0. The summed E-state index contributed by atoms with van der Waals surface area (Å²) in [7, 11) is -4.73. The Morgan fingerprint density at radius 2 is 2.04 bits per heavy atom. The van der Waals surface area contributed by atoms with Gasteiger partial charge in [-0.05, 0) is 38.0 Å². The van der Waals surface area contributed by atoms with E-state index in [2.05, 4.69) is 5.32 Å². The van der Waals surface area contributed by atoms with Gasteiger partial charge in [0.05, 0.1) is 4.90 Å². The van der Waals surface area contributed by atoms with E-state index >= 15 is 0 Å². The lowest BCUT2D eigenvalue weighted by atomic mass is 10.0. The molecule has 3 rings (SSSR count). The highest BCUT2D eigenvalue weighted by Gasteiger charge is 2.41. The number of rotatable bonds is 2. The average molecular weight is 356 g/mol. The molecule has 0 radical (unpaired) electrons. The SMILES string of the molecule is CC1(C)C[S@](=O)CCN1S(=O)(=O)c1ccc2c(c1)C(=O)NCC2. The van der Waals surface area contributed by atoms with Crippen molar-refractivity contribution in [3.8, 4) is 0 Å². The molecular weight excluding hydrogens is 336 g/mol. The Bertz CT molecular complexity index is 787. The quantitative estimate of drug-likeness (QED) is 0.837. The molecule has 0 aliphatic carbocycles. The van der Waals surface area contributed by atoms with E-state index in [4.69, 9.17) is 0 Å². The molecule has 1 amide bonds. The second kappa shape index (κ2) is 5.68. The molecule has 2 aliphatic heterocycles. The van der Waals surface area contributed by atoms with Gasteiger partial charge in [0.1, 0.15) is 0 Å². The van der Waals surface area contributed by atoms with Crippen molar-refractivity contribution in [2.24, 2.45) is 0 Å². The number of sulfonamides is 1. The smallest absolute Gasteiger partial charge is 0.251 e. The van der Waals surface area contributed by atoms with Gasteiger partial charge in [-0.3, -0.25) is 9.00 Å². The fourth-order valence-corrected chi connectivity index (χ4v) is 6.63. The first-order valence-electron chi connectivity index (χ1n) is 7.51. The maximum Gasteiger partial charge on any atom is 0.251 e. The molecule has 0 saturated carbocycles. The van der Waals surface area contributed by atoms with Crippen LogP contribution in [0.2, 0.25) is 0 Å². The molecule has 1 saturated heterocycles. The predicted molar refractivity (Wildman–Crippen MR) is 88.3 cm³/mol. The van der Waals surface area contributed by atoms with Crippen LogP contribution in [-0.2, 0) is 27.2 Å². The van der Waals surface area contributed by atoms with Crippen molar-refractivity contribution in [2.75, 3.05) is 24.6 Å². The van der Waals surface area contributed by atoms with E-state index in [1.165, 1.54) is 10.4 Å². The van der Waals surface area contributed by atoms with Crippen LogP contribution in [0.15, 0.2) is 23.1 Å². The molecule has 8 heteroatoms. The second-order valence-electron chi connectivity index (χ2n) is 6.50. The lowest BCUT2D eigenvalue weighted by molar-refractivity contribution is 0.0945. The van der Waals surface area contributed by atoms with E-state index in [0.717, 1.165) is 5.56 Å². The number of nitrogens with one attached hydrogen (secondary N) is 1. The molecule has 0 spiro atoms. The van der Waals surface area contributed by atoms with Gasteiger partial charge in [0.25, 0.3) is 5.91 Å². The molecule has 2 aliphatic rings. The number of carbonyl (C=O) groups is 1. The number of nitrogens with zero attached hydrogens (tertiary/aromatic N) is 1. The Kier molecular flexibility index (Phi) is 4.10. The van der Waals surface area contributed by atoms with E-state index in [9.17, 15) is 17.4 Å². The van der Waals surface area contributed by atoms with Crippen LogP contribution in [0.3, 0.4) is 0 Å². The largest absolute Gasteiger partial charge is 0.352 e. The molecule has 23 heavy (non-hydrogen) atoms. The fourth-order valence-electron chi connectivity index (χ4n) is 3.15. The van der Waals surface area contributed by atoms with Gasteiger partial charge >= 0.3 is 0 Å². The van der Waals surface area contributed by atoms with Gasteiger partial charge in [0, 0.05) is 46.5 Å². The Hall–Kier alpha value is -1.25. The van der Waals surface area contributed by atoms with Crippen molar-refractivity contribution in [1.82, 2.24) is 9.62 Å². The Morgan fingerprint density at radius 3 is 2.74 bits per heavy atom. The zero-order chi connectivity index (χ0) is 16.8. The third-order valence-electron chi connectivity index (χ3n) is 4.31. The zero-order valence-electron chi connectivity index (χ0n) is 13.2. The summed E-state index contributed by atoms with van der Waals surface area (Å²) in [4.78, 5) is 12.1. The first-order chi connectivity index (χ1) is 10.7. The summed E-state index contributed by atoms with van der Waals surface area (Å²) in [6.45, 7) is 4.37. The van der Waals surface area contributed by atoms with E-state index in [1.807, 2.05) is 0 Å². The number of carbonyl (C=O) groups excluding carboxylic acids is 1. The summed E-state index contributed by atoms with van der Waals surface area (Å²) in [6.07, 6.45) is 0.704. The van der Waals surface area contributed by atoms with E-state index in [0.29, 0.717) is 30.0 Å². The molecular formula is C15H20N2O4S2. The third kappa shape index (κ3) is 2.95. The van der Waals surface area contributed by atoms with Crippen LogP contribution in [0.25, 0.3) is 0 Å². The van der Waals surface area contributed by atoms with Gasteiger partial charge in [-0.1, -0.05) is 6.07 Å². The summed E-state index contributed by atoms with van der Waals surface area (Å²) in [5, 5.41) is 2.73. The van der Waals surface area contributed by atoms with Gasteiger partial charge in [-0.15, -0.1) is 0 Å². The monoisotopic (exact) mass is 356 g/mol. The Morgan fingerprint density at radius 1 is 1.30 bits per heavy atom. The topological polar surface area (TPSA) is 83.6 Å². The molecule has 1 aromatic carbocycles. The summed E-state index contributed by atoms with van der Waals surface area (Å²) in [5.74, 6) is 0.425. The van der Waals surface area contributed by atoms with Crippen molar-refractivity contribution in [3.63, 3.8) is 0 Å². The number of benzene rings is 1. The second-order valence-corrected chi connectivity index (χ2v) is 9.94. The van der Waals surface area contributed by atoms with Gasteiger partial charge in [0.2, 0.25) is 10.0 Å². The van der Waals surface area contributed by atoms with Crippen molar-refractivity contribution < 1.29 is 17.4 Å². The van der Waals surface area contributed by atoms with Crippen LogP contribution < -0.4 is 5.32 Å².